The summed E-state index contributed by atoms with van der Waals surface area (Å²) >= 11 is 0. The molecule has 0 N–H and O–H groups in total. The third-order valence-corrected chi connectivity index (χ3v) is 2.08. The highest BCUT2D eigenvalue weighted by Gasteiger charge is 2.49. The monoisotopic (exact) mass is 226 g/mol. The van der Waals surface area contributed by atoms with Crippen LogP contribution in [0.3, 0.4) is 0 Å². The molecule has 0 fully saturated rings. The van der Waals surface area contributed by atoms with E-state index < -0.39 is 28.9 Å². The zero-order valence-electron chi connectivity index (χ0n) is 9.75. The van der Waals surface area contributed by atoms with E-state index in [9.17, 15) is 19.2 Å². The molecule has 16 heavy (non-hydrogen) atoms. The number of carbonyl (C=O) groups excluding carboxylic acids is 4. The van der Waals surface area contributed by atoms with Gasteiger partial charge in [-0.15, -0.1) is 0 Å². The van der Waals surface area contributed by atoms with Crippen molar-refractivity contribution in [3.8, 4) is 0 Å². The van der Waals surface area contributed by atoms with E-state index in [1.165, 1.54) is 6.92 Å². The van der Waals surface area contributed by atoms with Gasteiger partial charge in [0.25, 0.3) is 5.60 Å². The molecule has 0 bridgehead atoms. The van der Waals surface area contributed by atoms with Crippen LogP contribution in [0.4, 0.5) is 0 Å². The Labute approximate surface area is 93.5 Å². The lowest BCUT2D eigenvalue weighted by molar-refractivity contribution is -0.173. The van der Waals surface area contributed by atoms with Gasteiger partial charge in [-0.25, -0.2) is 4.79 Å². The number of esters is 1. The van der Waals surface area contributed by atoms with E-state index in [4.69, 9.17) is 4.74 Å². The largest absolute Gasteiger partial charge is 0.431 e. The van der Waals surface area contributed by atoms with Crippen LogP contribution in [0.2, 0.25) is 0 Å². The third-order valence-electron chi connectivity index (χ3n) is 2.08. The molecule has 0 saturated heterocycles. The van der Waals surface area contributed by atoms with Crippen LogP contribution in [0.25, 0.3) is 0 Å². The molecule has 0 unspecified atom stereocenters. The van der Waals surface area contributed by atoms with E-state index in [0.717, 1.165) is 20.8 Å². The van der Waals surface area contributed by atoms with Crippen molar-refractivity contribution in [2.45, 2.75) is 33.3 Å². The normalized spacial score (nSPS) is 10.5. The summed E-state index contributed by atoms with van der Waals surface area (Å²) in [4.78, 5) is 45.4. The Kier molecular flexibility index (Phi) is 4.29. The first kappa shape index (κ1) is 14.2. The van der Waals surface area contributed by atoms with E-state index in [1.807, 2.05) is 0 Å². The molecule has 0 aromatic heterocycles. The van der Waals surface area contributed by atoms with Gasteiger partial charge < -0.3 is 4.74 Å². The maximum Gasteiger partial charge on any atom is 0.335 e. The van der Waals surface area contributed by atoms with Crippen molar-refractivity contribution in [2.24, 2.45) is 0 Å². The van der Waals surface area contributed by atoms with E-state index in [2.05, 4.69) is 6.58 Å². The molecular weight excluding hydrogens is 212 g/mol. The Morgan fingerprint density at radius 1 is 0.875 bits per heavy atom. The standard InChI is InChI=1S/C11H14O5/c1-6(2)10(15)16-11(7(3)12,8(4)13)9(5)14/h1H2,2-5H3. The molecule has 0 amide bonds. The Bertz CT molecular complexity index is 342. The van der Waals surface area contributed by atoms with Crippen molar-refractivity contribution in [3.05, 3.63) is 12.2 Å². The maximum atomic E-state index is 11.4. The van der Waals surface area contributed by atoms with Crippen LogP contribution in [-0.4, -0.2) is 28.9 Å². The zero-order valence-corrected chi connectivity index (χ0v) is 9.75. The van der Waals surface area contributed by atoms with Crippen molar-refractivity contribution in [3.63, 3.8) is 0 Å². The van der Waals surface area contributed by atoms with Crippen LogP contribution >= 0.6 is 0 Å². The van der Waals surface area contributed by atoms with Crippen LogP contribution in [0, 0.1) is 0 Å². The molecule has 0 spiro atoms. The molecule has 0 aliphatic heterocycles. The summed E-state index contributed by atoms with van der Waals surface area (Å²) in [5.41, 5.74) is -2.32. The second kappa shape index (κ2) is 4.83. The molecule has 0 radical (unpaired) electrons. The number of rotatable bonds is 5. The van der Waals surface area contributed by atoms with Gasteiger partial charge in [0.2, 0.25) is 0 Å². The topological polar surface area (TPSA) is 77.5 Å². The quantitative estimate of drug-likeness (QED) is 0.390. The minimum absolute atomic E-state index is 0.00752. The summed E-state index contributed by atoms with van der Waals surface area (Å²) in [6, 6.07) is 0. The summed E-state index contributed by atoms with van der Waals surface area (Å²) in [7, 11) is 0. The average molecular weight is 226 g/mol. The van der Waals surface area contributed by atoms with E-state index in [0.29, 0.717) is 0 Å². The summed E-state index contributed by atoms with van der Waals surface area (Å²) in [5.74, 6) is -3.40. The molecule has 0 atom stereocenters. The molecule has 5 heteroatoms. The number of carbonyl (C=O) groups is 4. The average Bonchev–Trinajstić information content (AvgIpc) is 2.11. The minimum Gasteiger partial charge on any atom is -0.431 e. The second-order valence-corrected chi connectivity index (χ2v) is 3.52. The highest BCUT2D eigenvalue weighted by atomic mass is 16.6. The van der Waals surface area contributed by atoms with Crippen LogP contribution in [0.5, 0.6) is 0 Å². The highest BCUT2D eigenvalue weighted by molar-refractivity contribution is 6.27. The number of ketones is 3. The second-order valence-electron chi connectivity index (χ2n) is 3.52. The molecule has 88 valence electrons. The first-order chi connectivity index (χ1) is 7.16. The van der Waals surface area contributed by atoms with Crippen molar-refractivity contribution >= 4 is 23.3 Å². The van der Waals surface area contributed by atoms with Gasteiger partial charge in [-0.3, -0.25) is 14.4 Å². The van der Waals surface area contributed by atoms with Crippen molar-refractivity contribution in [1.29, 1.82) is 0 Å². The molecule has 0 rings (SSSR count). The fourth-order valence-corrected chi connectivity index (χ4v) is 1.19. The van der Waals surface area contributed by atoms with Crippen LogP contribution in [0.15, 0.2) is 12.2 Å². The smallest absolute Gasteiger partial charge is 0.335 e. The SMILES string of the molecule is C=C(C)C(=O)OC(C(C)=O)(C(C)=O)C(C)=O. The van der Waals surface area contributed by atoms with Crippen LogP contribution < -0.4 is 0 Å². The van der Waals surface area contributed by atoms with Gasteiger partial charge in [-0.05, 0) is 27.7 Å². The van der Waals surface area contributed by atoms with Crippen LogP contribution in [0.1, 0.15) is 27.7 Å². The molecular formula is C11H14O5. The molecule has 0 heterocycles. The Balaban J connectivity index is 5.48. The lowest BCUT2D eigenvalue weighted by atomic mass is 9.90. The van der Waals surface area contributed by atoms with E-state index >= 15 is 0 Å². The van der Waals surface area contributed by atoms with Crippen molar-refractivity contribution in [1.82, 2.24) is 0 Å². The number of hydrogen-bond donors (Lipinski definition) is 0. The van der Waals surface area contributed by atoms with Crippen LogP contribution in [-0.2, 0) is 23.9 Å². The van der Waals surface area contributed by atoms with Gasteiger partial charge in [-0.1, -0.05) is 6.58 Å². The highest BCUT2D eigenvalue weighted by Crippen LogP contribution is 2.18. The molecule has 0 aliphatic rings. The Morgan fingerprint density at radius 2 is 1.19 bits per heavy atom. The number of Topliss-reactive ketones (excluding diaryl/α,β-unsaturated/α-hetero) is 3. The van der Waals surface area contributed by atoms with Gasteiger partial charge in [0.05, 0.1) is 0 Å². The van der Waals surface area contributed by atoms with Gasteiger partial charge in [0, 0.05) is 5.57 Å². The Morgan fingerprint density at radius 3 is 1.38 bits per heavy atom. The lowest BCUT2D eigenvalue weighted by Crippen LogP contribution is -2.54. The third kappa shape index (κ3) is 2.42. The van der Waals surface area contributed by atoms with Gasteiger partial charge in [-0.2, -0.15) is 0 Å². The molecule has 0 saturated carbocycles. The first-order valence-electron chi connectivity index (χ1n) is 4.58. The molecule has 5 nitrogen and oxygen atoms in total. The zero-order chi connectivity index (χ0) is 13.1. The molecule has 0 aromatic carbocycles. The summed E-state index contributed by atoms with van der Waals surface area (Å²) in [5, 5.41) is 0. The predicted octanol–water partition coefficient (Wildman–Crippen LogP) is 0.612. The lowest BCUT2D eigenvalue weighted by Gasteiger charge is -2.25. The fourth-order valence-electron chi connectivity index (χ4n) is 1.19. The van der Waals surface area contributed by atoms with Gasteiger partial charge >= 0.3 is 5.97 Å². The predicted molar refractivity (Wildman–Crippen MR) is 55.7 cm³/mol. The first-order valence-corrected chi connectivity index (χ1v) is 4.58. The van der Waals surface area contributed by atoms with Gasteiger partial charge in [0.15, 0.2) is 17.3 Å². The van der Waals surface area contributed by atoms with E-state index in [1.54, 1.807) is 0 Å². The number of ether oxygens (including phenoxy) is 1. The molecule has 0 aliphatic carbocycles. The summed E-state index contributed by atoms with van der Waals surface area (Å²) < 4.78 is 4.70. The number of hydrogen-bond acceptors (Lipinski definition) is 5. The summed E-state index contributed by atoms with van der Waals surface area (Å²) in [6.07, 6.45) is 0. The van der Waals surface area contributed by atoms with Crippen molar-refractivity contribution < 1.29 is 23.9 Å². The van der Waals surface area contributed by atoms with Gasteiger partial charge in [0.1, 0.15) is 0 Å². The summed E-state index contributed by atoms with van der Waals surface area (Å²) in [6.45, 7) is 7.73. The Hall–Kier alpha value is -1.78. The maximum absolute atomic E-state index is 11.4. The minimum atomic E-state index is -2.32. The van der Waals surface area contributed by atoms with Crippen molar-refractivity contribution in [2.75, 3.05) is 0 Å². The van der Waals surface area contributed by atoms with E-state index in [-0.39, 0.29) is 5.57 Å². The fraction of sp³-hybridized carbons (Fsp3) is 0.455. The molecule has 0 aromatic rings.